The van der Waals surface area contributed by atoms with Gasteiger partial charge in [0.05, 0.1) is 36.3 Å². The average Bonchev–Trinajstić information content (AvgIpc) is 3.47. The number of rotatable bonds is 8. The molecule has 0 unspecified atom stereocenters. The molecule has 0 bridgehead atoms. The molecule has 5 rings (SSSR count). The zero-order chi connectivity index (χ0) is 33.7. The van der Waals surface area contributed by atoms with Crippen molar-refractivity contribution in [3.63, 3.8) is 0 Å². The van der Waals surface area contributed by atoms with Crippen LogP contribution in [0, 0.1) is 12.8 Å². The van der Waals surface area contributed by atoms with Gasteiger partial charge in [0.1, 0.15) is 17.3 Å². The standard InChI is InChI=1S/C36H43ClN6O4/c1-23-7-13-27(14-8-23)43-33(22-32(41-43)36(2,3)4)40-34(44)38-26-11-9-24(10-12-26)19-25-15-17-42(18-16-25)35(45)39-29-20-28(37)30(46-5)21-31(29)47-6/h7-14,20-22,25H,15-19H2,1-6H3,(H,39,45)(H2,38,40,44). The van der Waals surface area contributed by atoms with E-state index in [0.29, 0.717) is 52.7 Å². The predicted octanol–water partition coefficient (Wildman–Crippen LogP) is 8.28. The molecule has 47 heavy (non-hydrogen) atoms. The Kier molecular flexibility index (Phi) is 10.3. The molecule has 3 aromatic carbocycles. The Balaban J connectivity index is 1.13. The van der Waals surface area contributed by atoms with Gasteiger partial charge < -0.3 is 25.0 Å². The van der Waals surface area contributed by atoms with Crippen molar-refractivity contribution in [3.05, 3.63) is 88.6 Å². The fourth-order valence-corrected chi connectivity index (χ4v) is 5.79. The van der Waals surface area contributed by atoms with E-state index in [1.54, 1.807) is 16.8 Å². The second kappa shape index (κ2) is 14.4. The summed E-state index contributed by atoms with van der Waals surface area (Å²) in [5.41, 5.74) is 5.11. The van der Waals surface area contributed by atoms with Crippen molar-refractivity contribution in [1.29, 1.82) is 0 Å². The second-order valence-electron chi connectivity index (χ2n) is 12.9. The van der Waals surface area contributed by atoms with E-state index in [9.17, 15) is 9.59 Å². The van der Waals surface area contributed by atoms with Gasteiger partial charge in [-0.15, -0.1) is 0 Å². The van der Waals surface area contributed by atoms with Crippen LogP contribution in [0.1, 0.15) is 50.4 Å². The highest BCUT2D eigenvalue weighted by Gasteiger charge is 2.25. The largest absolute Gasteiger partial charge is 0.495 e. The fraction of sp³-hybridized carbons (Fsp3) is 0.361. The molecule has 0 atom stereocenters. The van der Waals surface area contributed by atoms with E-state index in [2.05, 4.69) is 36.7 Å². The molecule has 0 radical (unpaired) electrons. The highest BCUT2D eigenvalue weighted by atomic mass is 35.5. The van der Waals surface area contributed by atoms with Crippen LogP contribution in [0.5, 0.6) is 11.5 Å². The third kappa shape index (κ3) is 8.37. The van der Waals surface area contributed by atoms with E-state index < -0.39 is 0 Å². The van der Waals surface area contributed by atoms with Crippen molar-refractivity contribution >= 4 is 40.9 Å². The average molecular weight is 659 g/mol. The summed E-state index contributed by atoms with van der Waals surface area (Å²) in [4.78, 5) is 27.9. The number of methoxy groups -OCH3 is 2. The van der Waals surface area contributed by atoms with E-state index in [0.717, 1.165) is 36.2 Å². The number of aromatic nitrogens is 2. The number of nitrogens with zero attached hydrogens (tertiary/aromatic N) is 3. The summed E-state index contributed by atoms with van der Waals surface area (Å²) in [6.45, 7) is 9.63. The van der Waals surface area contributed by atoms with E-state index in [4.69, 9.17) is 26.2 Å². The summed E-state index contributed by atoms with van der Waals surface area (Å²) in [6, 6.07) is 20.6. The van der Waals surface area contributed by atoms with E-state index in [1.807, 2.05) is 66.4 Å². The van der Waals surface area contributed by atoms with Gasteiger partial charge in [0.15, 0.2) is 0 Å². The first-order valence-corrected chi connectivity index (χ1v) is 16.1. The van der Waals surface area contributed by atoms with Gasteiger partial charge in [-0.3, -0.25) is 5.32 Å². The Morgan fingerprint density at radius 1 is 0.894 bits per heavy atom. The number of amides is 4. The summed E-state index contributed by atoms with van der Waals surface area (Å²) < 4.78 is 12.4. The van der Waals surface area contributed by atoms with Gasteiger partial charge in [0.2, 0.25) is 0 Å². The Morgan fingerprint density at radius 3 is 2.17 bits per heavy atom. The summed E-state index contributed by atoms with van der Waals surface area (Å²) in [5.74, 6) is 2.00. The molecule has 4 amide bonds. The molecule has 0 saturated carbocycles. The van der Waals surface area contributed by atoms with Crippen LogP contribution in [0.15, 0.2) is 66.7 Å². The molecular formula is C36H43ClN6O4. The third-order valence-corrected chi connectivity index (χ3v) is 8.65. The van der Waals surface area contributed by atoms with Crippen molar-refractivity contribution < 1.29 is 19.1 Å². The maximum atomic E-state index is 13.0. The molecule has 0 spiro atoms. The topological polar surface area (TPSA) is 110 Å². The Morgan fingerprint density at radius 2 is 1.55 bits per heavy atom. The number of nitrogens with one attached hydrogen (secondary N) is 3. The quantitative estimate of drug-likeness (QED) is 0.177. The summed E-state index contributed by atoms with van der Waals surface area (Å²) >= 11 is 6.26. The maximum absolute atomic E-state index is 13.0. The SMILES string of the molecule is COc1cc(OC)c(NC(=O)N2CCC(Cc3ccc(NC(=O)Nc4cc(C(C)(C)C)nn4-c4ccc(C)cc4)cc3)CC2)cc1Cl. The summed E-state index contributed by atoms with van der Waals surface area (Å²) in [7, 11) is 3.06. The molecular weight excluding hydrogens is 616 g/mol. The first-order chi connectivity index (χ1) is 22.4. The zero-order valence-corrected chi connectivity index (χ0v) is 28.6. The van der Waals surface area contributed by atoms with E-state index in [-0.39, 0.29) is 17.5 Å². The first-order valence-electron chi connectivity index (χ1n) is 15.8. The lowest BCUT2D eigenvalue weighted by molar-refractivity contribution is 0.182. The molecule has 1 aliphatic heterocycles. The molecule has 3 N–H and O–H groups in total. The zero-order valence-electron chi connectivity index (χ0n) is 27.8. The monoisotopic (exact) mass is 658 g/mol. The van der Waals surface area contributed by atoms with Crippen LogP contribution in [0.25, 0.3) is 5.69 Å². The molecule has 1 fully saturated rings. The molecule has 1 saturated heterocycles. The first kappa shape index (κ1) is 33.7. The summed E-state index contributed by atoms with van der Waals surface area (Å²) in [5, 5.41) is 14.0. The van der Waals surface area contributed by atoms with Crippen LogP contribution in [0.2, 0.25) is 5.02 Å². The van der Waals surface area contributed by atoms with Gasteiger partial charge >= 0.3 is 12.1 Å². The van der Waals surface area contributed by atoms with Gasteiger partial charge in [0, 0.05) is 36.3 Å². The molecule has 1 aromatic heterocycles. The van der Waals surface area contributed by atoms with Crippen molar-refractivity contribution in [2.45, 2.75) is 52.4 Å². The maximum Gasteiger partial charge on any atom is 0.324 e. The lowest BCUT2D eigenvalue weighted by Crippen LogP contribution is -2.41. The number of hydrogen-bond donors (Lipinski definition) is 3. The van der Waals surface area contributed by atoms with Gasteiger partial charge in [-0.1, -0.05) is 62.2 Å². The number of ether oxygens (including phenoxy) is 2. The Hall–Kier alpha value is -4.70. The van der Waals surface area contributed by atoms with Crippen LogP contribution in [-0.2, 0) is 11.8 Å². The minimum Gasteiger partial charge on any atom is -0.495 e. The van der Waals surface area contributed by atoms with Crippen molar-refractivity contribution in [2.24, 2.45) is 5.92 Å². The van der Waals surface area contributed by atoms with Crippen LogP contribution in [-0.4, -0.2) is 54.1 Å². The van der Waals surface area contributed by atoms with Crippen molar-refractivity contribution in [3.8, 4) is 17.2 Å². The molecule has 248 valence electrons. The number of carbonyl (C=O) groups is 2. The molecule has 2 heterocycles. The van der Waals surface area contributed by atoms with Gasteiger partial charge in [0.25, 0.3) is 0 Å². The number of piperidine rings is 1. The smallest absolute Gasteiger partial charge is 0.324 e. The van der Waals surface area contributed by atoms with Crippen molar-refractivity contribution in [2.75, 3.05) is 43.3 Å². The van der Waals surface area contributed by atoms with E-state index >= 15 is 0 Å². The van der Waals surface area contributed by atoms with Gasteiger partial charge in [-0.25, -0.2) is 14.3 Å². The van der Waals surface area contributed by atoms with Crippen LogP contribution in [0.3, 0.4) is 0 Å². The summed E-state index contributed by atoms with van der Waals surface area (Å²) in [6.07, 6.45) is 2.68. The number of benzene rings is 3. The highest BCUT2D eigenvalue weighted by molar-refractivity contribution is 6.32. The number of likely N-dealkylation sites (tertiary alicyclic amines) is 1. The van der Waals surface area contributed by atoms with Crippen LogP contribution >= 0.6 is 11.6 Å². The number of halogens is 1. The normalized spacial score (nSPS) is 13.6. The van der Waals surface area contributed by atoms with Crippen molar-refractivity contribution in [1.82, 2.24) is 14.7 Å². The third-order valence-electron chi connectivity index (χ3n) is 8.35. The van der Waals surface area contributed by atoms with Gasteiger partial charge in [-0.05, 0) is 68.0 Å². The molecule has 1 aliphatic rings. The fourth-order valence-electron chi connectivity index (χ4n) is 5.55. The number of hydrogen-bond acceptors (Lipinski definition) is 5. The Bertz CT molecular complexity index is 1710. The van der Waals surface area contributed by atoms with Crippen LogP contribution < -0.4 is 25.4 Å². The highest BCUT2D eigenvalue weighted by Crippen LogP contribution is 2.36. The van der Waals surface area contributed by atoms with Crippen LogP contribution in [0.4, 0.5) is 26.8 Å². The second-order valence-corrected chi connectivity index (χ2v) is 13.3. The number of aryl methyl sites for hydroxylation is 1. The Labute approximate surface area is 281 Å². The predicted molar refractivity (Wildman–Crippen MR) is 188 cm³/mol. The number of urea groups is 2. The van der Waals surface area contributed by atoms with E-state index in [1.165, 1.54) is 19.8 Å². The molecule has 10 nitrogen and oxygen atoms in total. The molecule has 0 aliphatic carbocycles. The lowest BCUT2D eigenvalue weighted by atomic mass is 9.90. The number of carbonyl (C=O) groups excluding carboxylic acids is 2. The minimum absolute atomic E-state index is 0.179. The molecule has 11 heteroatoms. The number of anilines is 3. The minimum atomic E-state index is -0.341. The lowest BCUT2D eigenvalue weighted by Gasteiger charge is -2.32. The molecule has 4 aromatic rings. The van der Waals surface area contributed by atoms with Gasteiger partial charge in [-0.2, -0.15) is 5.10 Å².